The number of carbonyl (C=O) groups excluding carboxylic acids is 2. The Bertz CT molecular complexity index is 729. The first kappa shape index (κ1) is 17.3. The molecular formula is C18H20N4O2S. The smallest absolute Gasteiger partial charge is 0.314 e. The van der Waals surface area contributed by atoms with Crippen molar-refractivity contribution >= 4 is 23.7 Å². The van der Waals surface area contributed by atoms with E-state index in [0.29, 0.717) is 31.7 Å². The van der Waals surface area contributed by atoms with Gasteiger partial charge in [0.25, 0.3) is 5.91 Å². The van der Waals surface area contributed by atoms with Crippen LogP contribution >= 0.6 is 11.8 Å². The molecule has 3 amide bonds. The first-order valence-electron chi connectivity index (χ1n) is 8.10. The second kappa shape index (κ2) is 8.02. The summed E-state index contributed by atoms with van der Waals surface area (Å²) in [4.78, 5) is 31.3. The minimum Gasteiger partial charge on any atom is -0.351 e. The van der Waals surface area contributed by atoms with Crippen LogP contribution in [0.4, 0.5) is 4.79 Å². The molecule has 0 bridgehead atoms. The number of carbonyl (C=O) groups is 2. The normalized spacial score (nSPS) is 14.4. The molecule has 130 valence electrons. The fourth-order valence-corrected chi connectivity index (χ4v) is 3.46. The van der Waals surface area contributed by atoms with Gasteiger partial charge in [0.2, 0.25) is 0 Å². The van der Waals surface area contributed by atoms with Crippen molar-refractivity contribution < 1.29 is 9.59 Å². The average molecular weight is 356 g/mol. The van der Waals surface area contributed by atoms with Crippen LogP contribution in [0.25, 0.3) is 0 Å². The molecule has 0 atom stereocenters. The number of nitrogens with zero attached hydrogens (tertiary/aromatic N) is 3. The number of hydrogen-bond donors (Lipinski definition) is 1. The largest absolute Gasteiger partial charge is 0.351 e. The monoisotopic (exact) mass is 356 g/mol. The van der Waals surface area contributed by atoms with E-state index in [0.717, 1.165) is 16.3 Å². The van der Waals surface area contributed by atoms with Gasteiger partial charge in [-0.25, -0.2) is 9.78 Å². The maximum absolute atomic E-state index is 12.5. The van der Waals surface area contributed by atoms with Crippen LogP contribution < -0.4 is 5.73 Å². The Morgan fingerprint density at radius 1 is 1.00 bits per heavy atom. The Kier molecular flexibility index (Phi) is 5.55. The van der Waals surface area contributed by atoms with Crippen molar-refractivity contribution in [2.24, 2.45) is 5.73 Å². The minimum absolute atomic E-state index is 0.00644. The highest BCUT2D eigenvalue weighted by molar-refractivity contribution is 7.98. The number of primary amides is 1. The summed E-state index contributed by atoms with van der Waals surface area (Å²) in [6.07, 6.45) is 1.78. The summed E-state index contributed by atoms with van der Waals surface area (Å²) in [6, 6.07) is 13.1. The molecule has 25 heavy (non-hydrogen) atoms. The predicted octanol–water partition coefficient (Wildman–Crippen LogP) is 2.21. The van der Waals surface area contributed by atoms with E-state index in [1.54, 1.807) is 27.8 Å². The summed E-state index contributed by atoms with van der Waals surface area (Å²) in [5, 5.41) is 0.981. The first-order valence-corrected chi connectivity index (χ1v) is 9.08. The summed E-state index contributed by atoms with van der Waals surface area (Å²) in [6.45, 7) is 2.00. The highest BCUT2D eigenvalue weighted by atomic mass is 32.2. The fraction of sp³-hybridized carbons (Fsp3) is 0.278. The molecule has 1 fully saturated rings. The van der Waals surface area contributed by atoms with Gasteiger partial charge in [-0.3, -0.25) is 4.79 Å². The van der Waals surface area contributed by atoms with Crippen LogP contribution in [0.3, 0.4) is 0 Å². The topological polar surface area (TPSA) is 79.5 Å². The number of benzene rings is 1. The summed E-state index contributed by atoms with van der Waals surface area (Å²) >= 11 is 1.66. The zero-order valence-corrected chi connectivity index (χ0v) is 14.6. The highest BCUT2D eigenvalue weighted by Gasteiger charge is 2.23. The zero-order chi connectivity index (χ0) is 17.6. The molecule has 1 aromatic heterocycles. The van der Waals surface area contributed by atoms with Crippen molar-refractivity contribution in [1.29, 1.82) is 0 Å². The number of urea groups is 1. The third kappa shape index (κ3) is 4.51. The van der Waals surface area contributed by atoms with Crippen molar-refractivity contribution in [2.75, 3.05) is 26.2 Å². The lowest BCUT2D eigenvalue weighted by molar-refractivity contribution is 0.0669. The van der Waals surface area contributed by atoms with Crippen LogP contribution in [0.2, 0.25) is 0 Å². The van der Waals surface area contributed by atoms with Gasteiger partial charge in [-0.1, -0.05) is 18.2 Å². The van der Waals surface area contributed by atoms with Gasteiger partial charge in [-0.15, -0.1) is 11.8 Å². The fourth-order valence-electron chi connectivity index (χ4n) is 2.65. The number of nitrogens with two attached hydrogens (primary N) is 1. The van der Waals surface area contributed by atoms with Crippen molar-refractivity contribution in [3.8, 4) is 0 Å². The number of thioether (sulfide) groups is 1. The van der Waals surface area contributed by atoms with Crippen molar-refractivity contribution in [3.63, 3.8) is 0 Å². The van der Waals surface area contributed by atoms with E-state index < -0.39 is 6.03 Å². The highest BCUT2D eigenvalue weighted by Crippen LogP contribution is 2.20. The molecule has 2 heterocycles. The number of aromatic nitrogens is 1. The zero-order valence-electron chi connectivity index (χ0n) is 13.8. The molecule has 0 unspecified atom stereocenters. The van der Waals surface area contributed by atoms with Crippen LogP contribution in [0.15, 0.2) is 53.7 Å². The lowest BCUT2D eigenvalue weighted by atomic mass is 10.1. The number of rotatable bonds is 4. The third-order valence-corrected chi connectivity index (χ3v) is 5.12. The molecular weight excluding hydrogens is 336 g/mol. The lowest BCUT2D eigenvalue weighted by Gasteiger charge is -2.33. The van der Waals surface area contributed by atoms with Gasteiger partial charge in [-0.05, 0) is 29.8 Å². The molecule has 1 aromatic carbocycles. The lowest BCUT2D eigenvalue weighted by Crippen LogP contribution is -2.52. The van der Waals surface area contributed by atoms with E-state index in [1.165, 1.54) is 0 Å². The Balaban J connectivity index is 1.55. The molecule has 2 aromatic rings. The third-order valence-electron chi connectivity index (χ3n) is 4.10. The first-order chi connectivity index (χ1) is 12.1. The molecule has 0 aliphatic carbocycles. The van der Waals surface area contributed by atoms with E-state index in [-0.39, 0.29) is 5.91 Å². The summed E-state index contributed by atoms with van der Waals surface area (Å²) in [5.41, 5.74) is 7.07. The number of piperazine rings is 1. The van der Waals surface area contributed by atoms with Crippen molar-refractivity contribution in [3.05, 3.63) is 59.8 Å². The van der Waals surface area contributed by atoms with Crippen LogP contribution in [-0.2, 0) is 5.75 Å². The van der Waals surface area contributed by atoms with Crippen LogP contribution in [0.5, 0.6) is 0 Å². The molecule has 2 N–H and O–H groups in total. The summed E-state index contributed by atoms with van der Waals surface area (Å²) < 4.78 is 0. The van der Waals surface area contributed by atoms with Gasteiger partial charge in [0.1, 0.15) is 0 Å². The van der Waals surface area contributed by atoms with E-state index in [1.807, 2.05) is 42.5 Å². The number of hydrogen-bond acceptors (Lipinski definition) is 4. The molecule has 7 heteroatoms. The van der Waals surface area contributed by atoms with E-state index in [2.05, 4.69) is 4.98 Å². The molecule has 1 aliphatic heterocycles. The Morgan fingerprint density at radius 2 is 1.68 bits per heavy atom. The maximum Gasteiger partial charge on any atom is 0.314 e. The summed E-state index contributed by atoms with van der Waals surface area (Å²) in [7, 11) is 0. The molecule has 0 spiro atoms. The predicted molar refractivity (Wildman–Crippen MR) is 97.3 cm³/mol. The van der Waals surface area contributed by atoms with Gasteiger partial charge in [0, 0.05) is 43.7 Å². The average Bonchev–Trinajstić information content (AvgIpc) is 2.67. The van der Waals surface area contributed by atoms with Crippen molar-refractivity contribution in [2.45, 2.75) is 10.8 Å². The quantitative estimate of drug-likeness (QED) is 0.852. The molecule has 1 saturated heterocycles. The molecule has 0 radical (unpaired) electrons. The Hall–Kier alpha value is -2.54. The van der Waals surface area contributed by atoms with E-state index in [9.17, 15) is 9.59 Å². The SMILES string of the molecule is NC(=O)N1CCN(C(=O)c2ccc(CSc3ccccn3)cc2)CC1. The maximum atomic E-state index is 12.5. The minimum atomic E-state index is -0.429. The van der Waals surface area contributed by atoms with Gasteiger partial charge < -0.3 is 15.5 Å². The van der Waals surface area contributed by atoms with Crippen molar-refractivity contribution in [1.82, 2.24) is 14.8 Å². The second-order valence-electron chi connectivity index (χ2n) is 5.77. The van der Waals surface area contributed by atoms with Gasteiger partial charge in [0.05, 0.1) is 5.03 Å². The van der Waals surface area contributed by atoms with Crippen LogP contribution in [-0.4, -0.2) is 52.9 Å². The molecule has 6 nitrogen and oxygen atoms in total. The molecule has 3 rings (SSSR count). The van der Waals surface area contributed by atoms with Gasteiger partial charge in [-0.2, -0.15) is 0 Å². The van der Waals surface area contributed by atoms with Crippen LogP contribution in [0.1, 0.15) is 15.9 Å². The summed E-state index contributed by atoms with van der Waals surface area (Å²) in [5.74, 6) is 0.802. The van der Waals surface area contributed by atoms with Gasteiger partial charge >= 0.3 is 6.03 Å². The molecule has 0 saturated carbocycles. The number of pyridine rings is 1. The molecule has 1 aliphatic rings. The van der Waals surface area contributed by atoms with Crippen LogP contribution in [0, 0.1) is 0 Å². The second-order valence-corrected chi connectivity index (χ2v) is 6.77. The van der Waals surface area contributed by atoms with E-state index >= 15 is 0 Å². The van der Waals surface area contributed by atoms with E-state index in [4.69, 9.17) is 5.73 Å². The number of amides is 3. The standard InChI is InChI=1S/C18H20N4O2S/c19-18(24)22-11-9-21(10-12-22)17(23)15-6-4-14(5-7-15)13-25-16-3-1-2-8-20-16/h1-8H,9-13H2,(H2,19,24). The Labute approximate surface area is 151 Å². The van der Waals surface area contributed by atoms with Gasteiger partial charge in [0.15, 0.2) is 0 Å². The Morgan fingerprint density at radius 3 is 2.28 bits per heavy atom.